The molecular weight excluding hydrogens is 220 g/mol. The number of rotatable bonds is 3. The van der Waals surface area contributed by atoms with E-state index in [4.69, 9.17) is 9.47 Å². The fourth-order valence-corrected chi connectivity index (χ4v) is 2.59. The van der Waals surface area contributed by atoms with Crippen molar-refractivity contribution < 1.29 is 19.1 Å². The van der Waals surface area contributed by atoms with Gasteiger partial charge in [-0.15, -0.1) is 0 Å². The van der Waals surface area contributed by atoms with Crippen molar-refractivity contribution in [3.63, 3.8) is 0 Å². The zero-order chi connectivity index (χ0) is 13.2. The quantitative estimate of drug-likeness (QED) is 0.559. The van der Waals surface area contributed by atoms with E-state index in [0.29, 0.717) is 6.42 Å². The van der Waals surface area contributed by atoms with E-state index in [1.165, 1.54) is 14.2 Å². The first kappa shape index (κ1) is 14.2. The van der Waals surface area contributed by atoms with E-state index in [9.17, 15) is 9.59 Å². The zero-order valence-corrected chi connectivity index (χ0v) is 11.3. The van der Waals surface area contributed by atoms with Crippen molar-refractivity contribution in [2.45, 2.75) is 39.2 Å². The summed E-state index contributed by atoms with van der Waals surface area (Å²) in [6.07, 6.45) is 1.48. The van der Waals surface area contributed by atoms with E-state index in [0.717, 1.165) is 6.42 Å². The number of carbonyl (C=O) groups is 2. The molecular formula is C13H22O4. The van der Waals surface area contributed by atoms with Crippen LogP contribution in [0.3, 0.4) is 0 Å². The lowest BCUT2D eigenvalue weighted by molar-refractivity contribution is -0.166. The molecule has 1 rings (SSSR count). The lowest BCUT2D eigenvalue weighted by atomic mass is 9.67. The Morgan fingerprint density at radius 3 is 2.41 bits per heavy atom. The molecule has 0 heterocycles. The number of carbonyl (C=O) groups excluding carboxylic acids is 2. The highest BCUT2D eigenvalue weighted by molar-refractivity contribution is 6.04. The van der Waals surface area contributed by atoms with Crippen molar-refractivity contribution in [2.24, 2.45) is 17.8 Å². The Morgan fingerprint density at radius 1 is 1.41 bits per heavy atom. The van der Waals surface area contributed by atoms with Crippen molar-refractivity contribution in [3.8, 4) is 0 Å². The van der Waals surface area contributed by atoms with Crippen molar-refractivity contribution in [1.82, 2.24) is 0 Å². The van der Waals surface area contributed by atoms with Crippen LogP contribution in [0, 0.1) is 17.8 Å². The van der Waals surface area contributed by atoms with Crippen molar-refractivity contribution >= 4 is 11.8 Å². The molecule has 0 aromatic rings. The van der Waals surface area contributed by atoms with Gasteiger partial charge in [0, 0.05) is 7.11 Å². The Morgan fingerprint density at radius 2 is 2.00 bits per heavy atom. The van der Waals surface area contributed by atoms with Gasteiger partial charge in [0.1, 0.15) is 11.5 Å². The van der Waals surface area contributed by atoms with Crippen LogP contribution in [0.1, 0.15) is 33.6 Å². The number of esters is 1. The fraction of sp³-hybridized carbons (Fsp3) is 0.846. The van der Waals surface area contributed by atoms with Crippen LogP contribution in [-0.2, 0) is 19.1 Å². The first-order chi connectivity index (χ1) is 7.87. The van der Waals surface area contributed by atoms with Gasteiger partial charge < -0.3 is 9.47 Å². The highest BCUT2D eigenvalue weighted by atomic mass is 16.5. The third-order valence-corrected chi connectivity index (χ3v) is 3.95. The molecule has 0 unspecified atom stereocenters. The fourth-order valence-electron chi connectivity index (χ4n) is 2.59. The van der Waals surface area contributed by atoms with Gasteiger partial charge >= 0.3 is 5.97 Å². The number of hydrogen-bond acceptors (Lipinski definition) is 4. The van der Waals surface area contributed by atoms with Crippen molar-refractivity contribution in [3.05, 3.63) is 0 Å². The number of hydrogen-bond donors (Lipinski definition) is 0. The van der Waals surface area contributed by atoms with Gasteiger partial charge in [-0.1, -0.05) is 13.8 Å². The second-order valence-corrected chi connectivity index (χ2v) is 5.25. The number of methoxy groups -OCH3 is 2. The first-order valence-corrected chi connectivity index (χ1v) is 6.04. The molecule has 17 heavy (non-hydrogen) atoms. The maximum Gasteiger partial charge on any atom is 0.316 e. The second kappa shape index (κ2) is 5.17. The van der Waals surface area contributed by atoms with E-state index >= 15 is 0 Å². The van der Waals surface area contributed by atoms with Crippen LogP contribution in [0.25, 0.3) is 0 Å². The van der Waals surface area contributed by atoms with E-state index in [1.54, 1.807) is 6.92 Å². The number of Topliss-reactive ketones (excluding diaryl/α,β-unsaturated/α-hetero) is 1. The van der Waals surface area contributed by atoms with Crippen LogP contribution in [0.5, 0.6) is 0 Å². The smallest absolute Gasteiger partial charge is 0.316 e. The Balaban J connectivity index is 3.04. The average Bonchev–Trinajstić information content (AvgIpc) is 2.31. The lowest BCUT2D eigenvalue weighted by Crippen LogP contribution is -2.52. The normalized spacial score (nSPS) is 33.9. The molecule has 0 aromatic heterocycles. The third kappa shape index (κ3) is 2.51. The van der Waals surface area contributed by atoms with Crippen molar-refractivity contribution in [2.75, 3.05) is 14.2 Å². The Labute approximate surface area is 103 Å². The number of ether oxygens (including phenoxy) is 2. The standard InChI is InChI=1S/C13H22O4/c1-8(2)9-6-7-13(3,17-5)11(14)10(9)12(15)16-4/h8-10H,6-7H2,1-5H3/t9-,10-,13-/m0/s1. The van der Waals surface area contributed by atoms with Gasteiger partial charge in [0.05, 0.1) is 7.11 Å². The molecule has 3 atom stereocenters. The third-order valence-electron chi connectivity index (χ3n) is 3.95. The zero-order valence-electron chi connectivity index (χ0n) is 11.3. The monoisotopic (exact) mass is 242 g/mol. The lowest BCUT2D eigenvalue weighted by Gasteiger charge is -2.40. The minimum Gasteiger partial charge on any atom is -0.468 e. The summed E-state index contributed by atoms with van der Waals surface area (Å²) in [5, 5.41) is 0. The Hall–Kier alpha value is -0.900. The molecule has 4 nitrogen and oxygen atoms in total. The molecule has 0 aliphatic heterocycles. The summed E-state index contributed by atoms with van der Waals surface area (Å²) in [7, 11) is 2.84. The van der Waals surface area contributed by atoms with E-state index < -0.39 is 17.5 Å². The molecule has 4 heteroatoms. The molecule has 0 saturated heterocycles. The summed E-state index contributed by atoms with van der Waals surface area (Å²) < 4.78 is 10.0. The average molecular weight is 242 g/mol. The topological polar surface area (TPSA) is 52.6 Å². The summed E-state index contributed by atoms with van der Waals surface area (Å²) in [5.74, 6) is -0.921. The predicted molar refractivity (Wildman–Crippen MR) is 63.5 cm³/mol. The largest absolute Gasteiger partial charge is 0.468 e. The SMILES string of the molecule is COC(=O)[C@@H]1C(=O)[C@@](C)(OC)CC[C@H]1C(C)C. The molecule has 1 saturated carbocycles. The van der Waals surface area contributed by atoms with Gasteiger partial charge in [0.15, 0.2) is 5.78 Å². The molecule has 0 spiro atoms. The van der Waals surface area contributed by atoms with Gasteiger partial charge in [-0.2, -0.15) is 0 Å². The first-order valence-electron chi connectivity index (χ1n) is 6.04. The Bertz CT molecular complexity index is 311. The van der Waals surface area contributed by atoms with E-state index in [2.05, 4.69) is 0 Å². The second-order valence-electron chi connectivity index (χ2n) is 5.25. The molecule has 1 aliphatic rings. The van der Waals surface area contributed by atoms with Gasteiger partial charge in [-0.3, -0.25) is 9.59 Å². The highest BCUT2D eigenvalue weighted by Crippen LogP contribution is 2.39. The molecule has 0 bridgehead atoms. The maximum absolute atomic E-state index is 12.4. The molecule has 0 radical (unpaired) electrons. The van der Waals surface area contributed by atoms with Crippen LogP contribution < -0.4 is 0 Å². The van der Waals surface area contributed by atoms with E-state index in [-0.39, 0.29) is 17.6 Å². The van der Waals surface area contributed by atoms with Crippen LogP contribution in [0.15, 0.2) is 0 Å². The summed E-state index contributed by atoms with van der Waals surface area (Å²) >= 11 is 0. The van der Waals surface area contributed by atoms with Gasteiger partial charge in [0.25, 0.3) is 0 Å². The molecule has 1 fully saturated rings. The molecule has 1 aliphatic carbocycles. The summed E-state index contributed by atoms with van der Waals surface area (Å²) in [5.41, 5.74) is -0.843. The summed E-state index contributed by atoms with van der Waals surface area (Å²) in [6.45, 7) is 5.81. The van der Waals surface area contributed by atoms with Crippen LogP contribution in [0.2, 0.25) is 0 Å². The van der Waals surface area contributed by atoms with Gasteiger partial charge in [-0.25, -0.2) is 0 Å². The predicted octanol–water partition coefficient (Wildman–Crippen LogP) is 1.82. The van der Waals surface area contributed by atoms with Crippen LogP contribution in [-0.4, -0.2) is 31.6 Å². The molecule has 0 N–H and O–H groups in total. The van der Waals surface area contributed by atoms with Crippen LogP contribution >= 0.6 is 0 Å². The minimum absolute atomic E-state index is 0.0539. The maximum atomic E-state index is 12.4. The molecule has 98 valence electrons. The van der Waals surface area contributed by atoms with Gasteiger partial charge in [0.2, 0.25) is 0 Å². The summed E-state index contributed by atoms with van der Waals surface area (Å²) in [6, 6.07) is 0. The molecule has 0 aromatic carbocycles. The van der Waals surface area contributed by atoms with Crippen molar-refractivity contribution in [1.29, 1.82) is 0 Å². The number of ketones is 1. The van der Waals surface area contributed by atoms with E-state index in [1.807, 2.05) is 13.8 Å². The molecule has 0 amide bonds. The highest BCUT2D eigenvalue weighted by Gasteiger charge is 2.50. The van der Waals surface area contributed by atoms with Gasteiger partial charge in [-0.05, 0) is 31.6 Å². The van der Waals surface area contributed by atoms with Crippen LogP contribution in [0.4, 0.5) is 0 Å². The summed E-state index contributed by atoms with van der Waals surface area (Å²) in [4.78, 5) is 24.2. The Kier molecular flexibility index (Phi) is 4.31. The minimum atomic E-state index is -0.843.